The minimum absolute atomic E-state index is 0.0310. The summed E-state index contributed by atoms with van der Waals surface area (Å²) in [5.41, 5.74) is 3.11. The molecule has 1 N–H and O–H groups in total. The maximum atomic E-state index is 14.2. The zero-order valence-corrected chi connectivity index (χ0v) is 31.7. The summed E-state index contributed by atoms with van der Waals surface area (Å²) in [5, 5.41) is 14.1. The molecule has 1 aliphatic rings. The fraction of sp³-hybridized carbons (Fsp3) is 0.122. The normalized spacial score (nSPS) is 14.0. The number of nitro groups is 1. The monoisotopic (exact) mass is 806 g/mol. The standard InChI is InChI=1S/C41H35BrN4O7S/c1-4-6-17-31(5-2)45-40(49)33(22-30-23-35(52-3)36(24-34(30)42)53-25-27-18-20-32(21-19-27)46(50)51)39(48)44-41(45)54-26-37(47)43-38(28-13-9-7-10-14-28)29-15-11-8-12-16-29/h4-24,38H,1,25-26H2,2-3H3,(H,43,47)/b17-6-,31-5+,33-22+. The molecule has 0 saturated carbocycles. The van der Waals surface area contributed by atoms with Crippen molar-refractivity contribution in [3.05, 3.63) is 176 Å². The average molecular weight is 808 g/mol. The molecule has 3 amide bonds. The molecule has 0 aliphatic carbocycles. The number of nitrogens with zero attached hydrogens (tertiary/aromatic N) is 3. The molecule has 54 heavy (non-hydrogen) atoms. The zero-order chi connectivity index (χ0) is 38.6. The van der Waals surface area contributed by atoms with Gasteiger partial charge in [-0.3, -0.25) is 29.4 Å². The number of methoxy groups -OCH3 is 1. The number of nitrogens with one attached hydrogen (secondary N) is 1. The van der Waals surface area contributed by atoms with Crippen molar-refractivity contribution in [2.24, 2.45) is 4.99 Å². The van der Waals surface area contributed by atoms with Crippen molar-refractivity contribution < 1.29 is 28.8 Å². The van der Waals surface area contributed by atoms with Crippen LogP contribution in [0.15, 0.2) is 149 Å². The molecule has 1 aliphatic heterocycles. The van der Waals surface area contributed by atoms with Gasteiger partial charge in [0.2, 0.25) is 5.91 Å². The van der Waals surface area contributed by atoms with Crippen LogP contribution in [0.25, 0.3) is 6.08 Å². The molecule has 0 aromatic heterocycles. The van der Waals surface area contributed by atoms with Gasteiger partial charge in [0, 0.05) is 22.3 Å². The highest BCUT2D eigenvalue weighted by molar-refractivity contribution is 9.10. The van der Waals surface area contributed by atoms with Gasteiger partial charge in [0.15, 0.2) is 16.7 Å². The van der Waals surface area contributed by atoms with Gasteiger partial charge in [-0.2, -0.15) is 4.99 Å². The van der Waals surface area contributed by atoms with E-state index in [0.29, 0.717) is 32.8 Å². The summed E-state index contributed by atoms with van der Waals surface area (Å²) in [5.74, 6) is -1.20. The molecule has 0 unspecified atom stereocenters. The van der Waals surface area contributed by atoms with E-state index >= 15 is 0 Å². The second kappa shape index (κ2) is 18.6. The van der Waals surface area contributed by atoms with Gasteiger partial charge in [-0.15, -0.1) is 0 Å². The van der Waals surface area contributed by atoms with Crippen molar-refractivity contribution in [2.45, 2.75) is 19.6 Å². The molecular formula is C41H35BrN4O7S. The first-order chi connectivity index (χ1) is 26.1. The predicted molar refractivity (Wildman–Crippen MR) is 214 cm³/mol. The molecule has 1 heterocycles. The number of amides is 3. The van der Waals surface area contributed by atoms with Crippen LogP contribution in [-0.4, -0.2) is 45.6 Å². The summed E-state index contributed by atoms with van der Waals surface area (Å²) < 4.78 is 12.0. The van der Waals surface area contributed by atoms with Crippen molar-refractivity contribution in [1.82, 2.24) is 10.2 Å². The van der Waals surface area contributed by atoms with Crippen LogP contribution >= 0.6 is 27.7 Å². The molecule has 4 aromatic carbocycles. The van der Waals surface area contributed by atoms with E-state index in [1.54, 1.807) is 55.5 Å². The Hall–Kier alpha value is -6.05. The third kappa shape index (κ3) is 9.68. The van der Waals surface area contributed by atoms with E-state index in [1.165, 1.54) is 30.2 Å². The van der Waals surface area contributed by atoms with E-state index in [-0.39, 0.29) is 34.7 Å². The lowest BCUT2D eigenvalue weighted by Gasteiger charge is -2.28. The van der Waals surface area contributed by atoms with Gasteiger partial charge >= 0.3 is 0 Å². The van der Waals surface area contributed by atoms with Crippen molar-refractivity contribution in [2.75, 3.05) is 12.9 Å². The lowest BCUT2D eigenvalue weighted by molar-refractivity contribution is -0.384. The van der Waals surface area contributed by atoms with Crippen molar-refractivity contribution in [3.63, 3.8) is 0 Å². The summed E-state index contributed by atoms with van der Waals surface area (Å²) >= 11 is 4.49. The summed E-state index contributed by atoms with van der Waals surface area (Å²) in [6.45, 7) is 5.56. The highest BCUT2D eigenvalue weighted by Gasteiger charge is 2.35. The minimum atomic E-state index is -0.780. The van der Waals surface area contributed by atoms with E-state index in [2.05, 4.69) is 32.8 Å². The second-order valence-corrected chi connectivity index (χ2v) is 13.4. The third-order valence-electron chi connectivity index (χ3n) is 8.04. The highest BCUT2D eigenvalue weighted by atomic mass is 79.9. The number of allylic oxidation sites excluding steroid dienone is 4. The van der Waals surface area contributed by atoms with E-state index in [9.17, 15) is 24.5 Å². The Morgan fingerprint density at radius 2 is 1.67 bits per heavy atom. The summed E-state index contributed by atoms with van der Waals surface area (Å²) in [4.78, 5) is 57.3. The molecule has 0 fully saturated rings. The summed E-state index contributed by atoms with van der Waals surface area (Å²) in [6.07, 6.45) is 7.97. The number of hydrogen-bond acceptors (Lipinski definition) is 8. The number of ether oxygens (including phenoxy) is 2. The number of non-ortho nitro benzene ring substituents is 1. The molecule has 4 aromatic rings. The maximum Gasteiger partial charge on any atom is 0.285 e. The molecule has 5 rings (SSSR count). The van der Waals surface area contributed by atoms with Gasteiger partial charge in [0.05, 0.1) is 23.8 Å². The Labute approximate surface area is 325 Å². The molecule has 0 radical (unpaired) electrons. The number of aliphatic imine (C=N–C) groups is 1. The van der Waals surface area contributed by atoms with Crippen molar-refractivity contribution in [1.29, 1.82) is 0 Å². The smallest absolute Gasteiger partial charge is 0.285 e. The predicted octanol–water partition coefficient (Wildman–Crippen LogP) is 8.34. The molecule has 11 nitrogen and oxygen atoms in total. The average Bonchev–Trinajstić information content (AvgIpc) is 3.19. The Kier molecular flexibility index (Phi) is 13.5. The molecule has 0 bridgehead atoms. The lowest BCUT2D eigenvalue weighted by atomic mass is 9.99. The van der Waals surface area contributed by atoms with Crippen LogP contribution in [-0.2, 0) is 21.0 Å². The number of thioether (sulfide) groups is 1. The lowest BCUT2D eigenvalue weighted by Crippen LogP contribution is -2.42. The number of carbonyl (C=O) groups excluding carboxylic acids is 3. The van der Waals surface area contributed by atoms with Crippen LogP contribution in [0.5, 0.6) is 11.5 Å². The topological polar surface area (TPSA) is 140 Å². The number of halogens is 1. The quantitative estimate of drug-likeness (QED) is 0.0441. The van der Waals surface area contributed by atoms with Crippen molar-refractivity contribution in [3.8, 4) is 11.5 Å². The molecule has 0 atom stereocenters. The number of benzene rings is 4. The molecule has 0 spiro atoms. The first-order valence-corrected chi connectivity index (χ1v) is 18.3. The van der Waals surface area contributed by atoms with Gasteiger partial charge in [0.25, 0.3) is 17.5 Å². The Bertz CT molecular complexity index is 2130. The fourth-order valence-electron chi connectivity index (χ4n) is 5.36. The van der Waals surface area contributed by atoms with Crippen LogP contribution in [0.3, 0.4) is 0 Å². The van der Waals surface area contributed by atoms with Crippen LogP contribution in [0.2, 0.25) is 0 Å². The van der Waals surface area contributed by atoms with Gasteiger partial charge in [0.1, 0.15) is 12.2 Å². The Morgan fingerprint density at radius 1 is 1.02 bits per heavy atom. The highest BCUT2D eigenvalue weighted by Crippen LogP contribution is 2.36. The molecular weight excluding hydrogens is 772 g/mol. The SMILES string of the molecule is C=C/C=C\C(=C/C)N1C(=O)/C(=C/c2cc(OC)c(OCc3ccc([N+](=O)[O-])cc3)cc2Br)C(=O)N=C1SCC(=O)NC(c1ccccc1)c1ccccc1. The van der Waals surface area contributed by atoms with Crippen LogP contribution in [0.1, 0.15) is 35.2 Å². The number of carbonyl (C=O) groups is 3. The van der Waals surface area contributed by atoms with Crippen LogP contribution in [0, 0.1) is 10.1 Å². The van der Waals surface area contributed by atoms with Gasteiger partial charge in [-0.1, -0.05) is 113 Å². The first-order valence-electron chi connectivity index (χ1n) is 16.5. The Morgan fingerprint density at radius 3 is 2.24 bits per heavy atom. The fourth-order valence-corrected chi connectivity index (χ4v) is 6.60. The number of hydrogen-bond donors (Lipinski definition) is 1. The largest absolute Gasteiger partial charge is 0.493 e. The van der Waals surface area contributed by atoms with Gasteiger partial charge < -0.3 is 14.8 Å². The van der Waals surface area contributed by atoms with E-state index < -0.39 is 22.8 Å². The molecule has 0 saturated heterocycles. The van der Waals surface area contributed by atoms with Crippen molar-refractivity contribution >= 4 is 62.3 Å². The molecule has 274 valence electrons. The van der Waals surface area contributed by atoms with Gasteiger partial charge in [-0.25, -0.2) is 0 Å². The summed E-state index contributed by atoms with van der Waals surface area (Å²) in [7, 11) is 1.45. The number of nitro benzene ring substituents is 1. The van der Waals surface area contributed by atoms with E-state index in [4.69, 9.17) is 9.47 Å². The number of amidine groups is 1. The first kappa shape index (κ1) is 39.2. The second-order valence-electron chi connectivity index (χ2n) is 11.6. The minimum Gasteiger partial charge on any atom is -0.493 e. The van der Waals surface area contributed by atoms with Crippen LogP contribution < -0.4 is 14.8 Å². The van der Waals surface area contributed by atoms with E-state index in [0.717, 1.165) is 22.9 Å². The Balaban J connectivity index is 1.40. The summed E-state index contributed by atoms with van der Waals surface area (Å²) in [6, 6.07) is 28.0. The maximum absolute atomic E-state index is 14.2. The third-order valence-corrected chi connectivity index (χ3v) is 9.66. The zero-order valence-electron chi connectivity index (χ0n) is 29.3. The van der Waals surface area contributed by atoms with Crippen LogP contribution in [0.4, 0.5) is 5.69 Å². The number of rotatable bonds is 14. The molecule has 13 heteroatoms. The van der Waals surface area contributed by atoms with E-state index in [1.807, 2.05) is 60.7 Å². The van der Waals surface area contributed by atoms with Gasteiger partial charge in [-0.05, 0) is 65.6 Å².